The maximum atomic E-state index is 13.6. The molecule has 0 aliphatic rings. The van der Waals surface area contributed by atoms with Gasteiger partial charge in [0, 0.05) is 6.04 Å². The molecule has 2 N–H and O–H groups in total. The molecule has 0 aromatic heterocycles. The molecule has 1 atom stereocenters. The molecule has 2 aromatic rings. The molecular weight excluding hydrogens is 336 g/mol. The normalized spacial score (nSPS) is 12.3. The van der Waals surface area contributed by atoms with E-state index in [4.69, 9.17) is 0 Å². The van der Waals surface area contributed by atoms with Crippen LogP contribution in [0.5, 0.6) is 0 Å². The number of nitrogens with one attached hydrogen (secondary N) is 2. The van der Waals surface area contributed by atoms with Crippen molar-refractivity contribution >= 4 is 11.6 Å². The molecule has 0 aliphatic carbocycles. The van der Waals surface area contributed by atoms with E-state index in [9.17, 15) is 22.4 Å². The summed E-state index contributed by atoms with van der Waals surface area (Å²) in [7, 11) is 0. The van der Waals surface area contributed by atoms with Crippen LogP contribution in [0.15, 0.2) is 36.4 Å². The molecule has 0 bridgehead atoms. The fraction of sp³-hybridized carbons (Fsp3) is 0.278. The molecule has 0 fully saturated rings. The molecule has 0 unspecified atom stereocenters. The SMILES string of the molecule is CC(C)[C@@H](NCC(=O)Nc1ccc(F)c(F)c1F)c1ccc(F)cc1. The average Bonchev–Trinajstić information content (AvgIpc) is 2.57. The van der Waals surface area contributed by atoms with Crippen molar-refractivity contribution in [2.75, 3.05) is 11.9 Å². The lowest BCUT2D eigenvalue weighted by Crippen LogP contribution is -2.33. The maximum Gasteiger partial charge on any atom is 0.238 e. The van der Waals surface area contributed by atoms with Crippen LogP contribution in [-0.2, 0) is 4.79 Å². The molecule has 3 nitrogen and oxygen atoms in total. The number of anilines is 1. The Morgan fingerprint density at radius 2 is 1.60 bits per heavy atom. The van der Waals surface area contributed by atoms with Crippen LogP contribution in [0.4, 0.5) is 23.2 Å². The van der Waals surface area contributed by atoms with Crippen molar-refractivity contribution in [2.24, 2.45) is 5.92 Å². The minimum absolute atomic E-state index is 0.0956. The van der Waals surface area contributed by atoms with Gasteiger partial charge in [0.15, 0.2) is 17.5 Å². The molecule has 0 spiro atoms. The third kappa shape index (κ3) is 4.79. The van der Waals surface area contributed by atoms with Gasteiger partial charge in [-0.15, -0.1) is 0 Å². The zero-order valence-corrected chi connectivity index (χ0v) is 13.7. The Balaban J connectivity index is 2.02. The number of halogens is 4. The average molecular weight is 354 g/mol. The van der Waals surface area contributed by atoms with Crippen LogP contribution >= 0.6 is 0 Å². The topological polar surface area (TPSA) is 41.1 Å². The van der Waals surface area contributed by atoms with Gasteiger partial charge in [-0.05, 0) is 35.7 Å². The fourth-order valence-electron chi connectivity index (χ4n) is 2.43. The minimum Gasteiger partial charge on any atom is -0.322 e. The Bertz CT molecular complexity index is 747. The summed E-state index contributed by atoms with van der Waals surface area (Å²) >= 11 is 0. The number of rotatable bonds is 6. The lowest BCUT2D eigenvalue weighted by Gasteiger charge is -2.23. The molecule has 1 amide bonds. The number of carbonyl (C=O) groups excluding carboxylic acids is 1. The first-order chi connectivity index (χ1) is 11.8. The van der Waals surface area contributed by atoms with Gasteiger partial charge in [-0.2, -0.15) is 0 Å². The van der Waals surface area contributed by atoms with Gasteiger partial charge in [0.25, 0.3) is 0 Å². The largest absolute Gasteiger partial charge is 0.322 e. The number of benzene rings is 2. The van der Waals surface area contributed by atoms with Gasteiger partial charge >= 0.3 is 0 Å². The molecule has 25 heavy (non-hydrogen) atoms. The summed E-state index contributed by atoms with van der Waals surface area (Å²) in [6.07, 6.45) is 0. The molecule has 0 saturated carbocycles. The van der Waals surface area contributed by atoms with E-state index in [2.05, 4.69) is 10.6 Å². The van der Waals surface area contributed by atoms with E-state index in [-0.39, 0.29) is 24.3 Å². The van der Waals surface area contributed by atoms with Crippen LogP contribution in [0.1, 0.15) is 25.5 Å². The highest BCUT2D eigenvalue weighted by Gasteiger charge is 2.18. The first kappa shape index (κ1) is 18.9. The number of hydrogen-bond acceptors (Lipinski definition) is 2. The summed E-state index contributed by atoms with van der Waals surface area (Å²) in [4.78, 5) is 12.0. The van der Waals surface area contributed by atoms with Gasteiger partial charge in [0.05, 0.1) is 12.2 Å². The molecular formula is C18H18F4N2O. The fourth-order valence-corrected chi connectivity index (χ4v) is 2.43. The Morgan fingerprint density at radius 1 is 0.960 bits per heavy atom. The Hall–Kier alpha value is -2.41. The predicted octanol–water partition coefficient (Wildman–Crippen LogP) is 4.17. The zero-order valence-electron chi connectivity index (χ0n) is 13.7. The smallest absolute Gasteiger partial charge is 0.238 e. The molecule has 0 aliphatic heterocycles. The molecule has 134 valence electrons. The highest BCUT2D eigenvalue weighted by Crippen LogP contribution is 2.22. The molecule has 2 aromatic carbocycles. The van der Waals surface area contributed by atoms with E-state index in [1.807, 2.05) is 13.8 Å². The van der Waals surface area contributed by atoms with Crippen molar-refractivity contribution < 1.29 is 22.4 Å². The van der Waals surface area contributed by atoms with Crippen LogP contribution in [0.3, 0.4) is 0 Å². The van der Waals surface area contributed by atoms with E-state index < -0.39 is 29.0 Å². The first-order valence-electron chi connectivity index (χ1n) is 7.71. The molecule has 2 rings (SSSR count). The first-order valence-corrected chi connectivity index (χ1v) is 7.71. The molecule has 7 heteroatoms. The second-order valence-corrected chi connectivity index (χ2v) is 5.93. The van der Waals surface area contributed by atoms with Crippen LogP contribution in [0.2, 0.25) is 0 Å². The van der Waals surface area contributed by atoms with Crippen molar-refractivity contribution in [3.05, 3.63) is 65.2 Å². The van der Waals surface area contributed by atoms with Crippen LogP contribution < -0.4 is 10.6 Å². The zero-order chi connectivity index (χ0) is 18.6. The van der Waals surface area contributed by atoms with E-state index in [0.717, 1.165) is 17.7 Å². The van der Waals surface area contributed by atoms with Crippen LogP contribution in [0, 0.1) is 29.2 Å². The van der Waals surface area contributed by atoms with Crippen molar-refractivity contribution in [3.63, 3.8) is 0 Å². The lowest BCUT2D eigenvalue weighted by molar-refractivity contribution is -0.115. The van der Waals surface area contributed by atoms with Gasteiger partial charge in [0.2, 0.25) is 5.91 Å². The van der Waals surface area contributed by atoms with Gasteiger partial charge in [0.1, 0.15) is 5.82 Å². The van der Waals surface area contributed by atoms with E-state index >= 15 is 0 Å². The second-order valence-electron chi connectivity index (χ2n) is 5.93. The van der Waals surface area contributed by atoms with Crippen LogP contribution in [-0.4, -0.2) is 12.5 Å². The van der Waals surface area contributed by atoms with Gasteiger partial charge < -0.3 is 10.6 Å². The van der Waals surface area contributed by atoms with E-state index in [1.165, 1.54) is 12.1 Å². The van der Waals surface area contributed by atoms with Gasteiger partial charge in [-0.3, -0.25) is 4.79 Å². The second kappa shape index (κ2) is 8.11. The Labute approximate surface area is 143 Å². The molecule has 0 heterocycles. The number of amides is 1. The highest BCUT2D eigenvalue weighted by atomic mass is 19.2. The number of hydrogen-bond donors (Lipinski definition) is 2. The monoisotopic (exact) mass is 354 g/mol. The molecule has 0 radical (unpaired) electrons. The van der Waals surface area contributed by atoms with Crippen molar-refractivity contribution in [1.29, 1.82) is 0 Å². The van der Waals surface area contributed by atoms with Crippen molar-refractivity contribution in [1.82, 2.24) is 5.32 Å². The third-order valence-corrected chi connectivity index (χ3v) is 3.69. The van der Waals surface area contributed by atoms with Gasteiger partial charge in [-0.1, -0.05) is 26.0 Å². The maximum absolute atomic E-state index is 13.6. The van der Waals surface area contributed by atoms with E-state index in [1.54, 1.807) is 12.1 Å². The van der Waals surface area contributed by atoms with Crippen LogP contribution in [0.25, 0.3) is 0 Å². The Kier molecular flexibility index (Phi) is 6.14. The summed E-state index contributed by atoms with van der Waals surface area (Å²) in [6.45, 7) is 3.67. The summed E-state index contributed by atoms with van der Waals surface area (Å²) in [5.41, 5.74) is 0.358. The summed E-state index contributed by atoms with van der Waals surface area (Å²) in [5, 5.41) is 5.19. The third-order valence-electron chi connectivity index (χ3n) is 3.69. The summed E-state index contributed by atoms with van der Waals surface area (Å²) in [5.74, 6) is -5.30. The summed E-state index contributed by atoms with van der Waals surface area (Å²) < 4.78 is 52.7. The van der Waals surface area contributed by atoms with Crippen molar-refractivity contribution in [3.8, 4) is 0 Å². The minimum atomic E-state index is -1.64. The van der Waals surface area contributed by atoms with Gasteiger partial charge in [-0.25, -0.2) is 17.6 Å². The van der Waals surface area contributed by atoms with E-state index in [0.29, 0.717) is 0 Å². The predicted molar refractivity (Wildman–Crippen MR) is 86.9 cm³/mol. The quantitative estimate of drug-likeness (QED) is 0.604. The lowest BCUT2D eigenvalue weighted by atomic mass is 9.96. The standard InChI is InChI=1S/C18H18F4N2O/c1-10(2)18(11-3-5-12(19)6-4-11)23-9-15(25)24-14-8-7-13(20)16(21)17(14)22/h3-8,10,18,23H,9H2,1-2H3,(H,24,25)/t18-/m1/s1. The number of carbonyl (C=O) groups is 1. The van der Waals surface area contributed by atoms with Crippen molar-refractivity contribution in [2.45, 2.75) is 19.9 Å². The highest BCUT2D eigenvalue weighted by molar-refractivity contribution is 5.92. The molecule has 0 saturated heterocycles. The summed E-state index contributed by atoms with van der Waals surface area (Å²) in [6, 6.07) is 7.32. The Morgan fingerprint density at radius 3 is 2.20 bits per heavy atom.